The Morgan fingerprint density at radius 2 is 0.938 bits per heavy atom. The van der Waals surface area contributed by atoms with Gasteiger partial charge in [-0.15, -0.1) is 0 Å². The van der Waals surface area contributed by atoms with E-state index in [0.717, 1.165) is 0 Å². The summed E-state index contributed by atoms with van der Waals surface area (Å²) in [5.74, 6) is -9.79. The first-order valence-electron chi connectivity index (χ1n) is 4.15. The van der Waals surface area contributed by atoms with Crippen molar-refractivity contribution in [1.29, 1.82) is 0 Å². The van der Waals surface area contributed by atoms with E-state index in [-0.39, 0.29) is 0 Å². The first-order valence-corrected chi connectivity index (χ1v) is 4.15. The van der Waals surface area contributed by atoms with Crippen LogP contribution in [-0.4, -0.2) is 44.3 Å². The first kappa shape index (κ1) is 13.9. The van der Waals surface area contributed by atoms with Crippen LogP contribution in [0, 0.1) is 11.8 Å². The highest BCUT2D eigenvalue weighted by atomic mass is 16.4. The van der Waals surface area contributed by atoms with Gasteiger partial charge in [-0.1, -0.05) is 0 Å². The van der Waals surface area contributed by atoms with Gasteiger partial charge in [0.1, 0.15) is 0 Å². The average Bonchev–Trinajstić information content (AvgIpc) is 2.09. The van der Waals surface area contributed by atoms with Crippen LogP contribution in [0.15, 0.2) is 0 Å². The highest BCUT2D eigenvalue weighted by molar-refractivity contribution is 5.86. The van der Waals surface area contributed by atoms with E-state index in [4.69, 9.17) is 20.4 Å². The summed E-state index contributed by atoms with van der Waals surface area (Å²) < 4.78 is 0. The van der Waals surface area contributed by atoms with Gasteiger partial charge in [0.15, 0.2) is 0 Å². The largest absolute Gasteiger partial charge is 0.481 e. The molecule has 0 aliphatic heterocycles. The molecule has 0 amide bonds. The number of hydrogen-bond donors (Lipinski definition) is 4. The molecule has 0 aromatic heterocycles. The quantitative estimate of drug-likeness (QED) is 0.453. The van der Waals surface area contributed by atoms with Crippen LogP contribution >= 0.6 is 0 Å². The molecule has 2 atom stereocenters. The zero-order chi connectivity index (χ0) is 12.9. The van der Waals surface area contributed by atoms with Gasteiger partial charge >= 0.3 is 23.9 Å². The molecule has 0 aromatic carbocycles. The molecule has 0 heterocycles. The fraction of sp³-hybridized carbons (Fsp3) is 0.500. The molecule has 0 saturated carbocycles. The summed E-state index contributed by atoms with van der Waals surface area (Å²) in [6.07, 6.45) is -1.86. The fourth-order valence-corrected chi connectivity index (χ4v) is 1.18. The SMILES string of the molecule is O=C(O)C[C@H](C(=O)O)[C@H](CC(=O)O)C(=O)O. The van der Waals surface area contributed by atoms with Crippen molar-refractivity contribution in [2.24, 2.45) is 11.8 Å². The zero-order valence-electron chi connectivity index (χ0n) is 7.99. The summed E-state index contributed by atoms with van der Waals surface area (Å²) >= 11 is 0. The first-order chi connectivity index (χ1) is 7.25. The highest BCUT2D eigenvalue weighted by Gasteiger charge is 2.36. The van der Waals surface area contributed by atoms with Crippen LogP contribution in [0.25, 0.3) is 0 Å². The Hall–Kier alpha value is -2.12. The maximum absolute atomic E-state index is 10.6. The summed E-state index contributed by atoms with van der Waals surface area (Å²) in [5, 5.41) is 34.1. The molecule has 0 aliphatic rings. The number of carboxylic acid groups (broad SMARTS) is 4. The minimum absolute atomic E-state index is 0.931. The third-order valence-electron chi connectivity index (χ3n) is 1.91. The smallest absolute Gasteiger partial charge is 0.307 e. The maximum Gasteiger partial charge on any atom is 0.307 e. The molecule has 0 aliphatic carbocycles. The molecule has 8 heteroatoms. The van der Waals surface area contributed by atoms with E-state index in [1.54, 1.807) is 0 Å². The Morgan fingerprint density at radius 3 is 1.06 bits per heavy atom. The lowest BCUT2D eigenvalue weighted by atomic mass is 9.87. The van der Waals surface area contributed by atoms with E-state index in [0.29, 0.717) is 0 Å². The fourth-order valence-electron chi connectivity index (χ4n) is 1.18. The summed E-state index contributed by atoms with van der Waals surface area (Å²) in [6, 6.07) is 0. The van der Waals surface area contributed by atoms with E-state index in [1.807, 2.05) is 0 Å². The van der Waals surface area contributed by atoms with E-state index >= 15 is 0 Å². The Bertz CT molecular complexity index is 288. The zero-order valence-corrected chi connectivity index (χ0v) is 7.99. The second kappa shape index (κ2) is 5.69. The standard InChI is InChI=1S/C8H10O8/c9-5(10)1-3(7(13)14)4(8(15)16)2-6(11)12/h3-4H,1-2H2,(H,9,10)(H,11,12)(H,13,14)(H,15,16)/t3-,4-/m0/s1. The molecule has 0 fully saturated rings. The van der Waals surface area contributed by atoms with Gasteiger partial charge in [-0.2, -0.15) is 0 Å². The molecular formula is C8H10O8. The number of hydrogen-bond acceptors (Lipinski definition) is 4. The molecule has 0 radical (unpaired) electrons. The monoisotopic (exact) mass is 234 g/mol. The summed E-state index contributed by atoms with van der Waals surface area (Å²) in [6.45, 7) is 0. The van der Waals surface area contributed by atoms with Crippen LogP contribution < -0.4 is 0 Å². The Kier molecular flexibility index (Phi) is 4.93. The molecular weight excluding hydrogens is 224 g/mol. The van der Waals surface area contributed by atoms with Crippen LogP contribution in [-0.2, 0) is 19.2 Å². The molecule has 16 heavy (non-hydrogen) atoms. The lowest BCUT2D eigenvalue weighted by Gasteiger charge is -2.16. The Morgan fingerprint density at radius 1 is 0.688 bits per heavy atom. The van der Waals surface area contributed by atoms with Crippen molar-refractivity contribution in [3.8, 4) is 0 Å². The van der Waals surface area contributed by atoms with Crippen molar-refractivity contribution in [2.75, 3.05) is 0 Å². The molecule has 0 saturated heterocycles. The number of carboxylic acids is 4. The van der Waals surface area contributed by atoms with Crippen LogP contribution in [0.2, 0.25) is 0 Å². The highest BCUT2D eigenvalue weighted by Crippen LogP contribution is 2.20. The predicted octanol–water partition coefficient (Wildman–Crippen LogP) is -0.663. The lowest BCUT2D eigenvalue weighted by Crippen LogP contribution is -2.33. The van der Waals surface area contributed by atoms with Crippen molar-refractivity contribution in [3.63, 3.8) is 0 Å². The van der Waals surface area contributed by atoms with E-state index in [1.165, 1.54) is 0 Å². The number of carbonyl (C=O) groups is 4. The average molecular weight is 234 g/mol. The van der Waals surface area contributed by atoms with Gasteiger partial charge in [-0.3, -0.25) is 19.2 Å². The Labute approximate surface area is 89.1 Å². The van der Waals surface area contributed by atoms with Gasteiger partial charge < -0.3 is 20.4 Å². The third kappa shape index (κ3) is 4.40. The summed E-state index contributed by atoms with van der Waals surface area (Å²) in [4.78, 5) is 41.9. The predicted molar refractivity (Wildman–Crippen MR) is 46.8 cm³/mol. The van der Waals surface area contributed by atoms with E-state index < -0.39 is 48.6 Å². The summed E-state index contributed by atoms with van der Waals surface area (Å²) in [5.41, 5.74) is 0. The lowest BCUT2D eigenvalue weighted by molar-refractivity contribution is -0.160. The van der Waals surface area contributed by atoms with E-state index in [9.17, 15) is 19.2 Å². The molecule has 0 spiro atoms. The van der Waals surface area contributed by atoms with Gasteiger partial charge in [-0.05, 0) is 0 Å². The summed E-state index contributed by atoms with van der Waals surface area (Å²) in [7, 11) is 0. The van der Waals surface area contributed by atoms with Crippen molar-refractivity contribution in [3.05, 3.63) is 0 Å². The van der Waals surface area contributed by atoms with Gasteiger partial charge in [0, 0.05) is 0 Å². The second-order valence-corrected chi connectivity index (χ2v) is 3.09. The molecule has 0 rings (SSSR count). The van der Waals surface area contributed by atoms with Gasteiger partial charge in [0.05, 0.1) is 24.7 Å². The minimum atomic E-state index is -1.76. The second-order valence-electron chi connectivity index (χ2n) is 3.09. The van der Waals surface area contributed by atoms with Crippen molar-refractivity contribution in [2.45, 2.75) is 12.8 Å². The number of rotatable bonds is 7. The molecule has 8 nitrogen and oxygen atoms in total. The van der Waals surface area contributed by atoms with Gasteiger partial charge in [0.25, 0.3) is 0 Å². The molecule has 0 unspecified atom stereocenters. The normalized spacial score (nSPS) is 13.8. The van der Waals surface area contributed by atoms with Crippen LogP contribution in [0.3, 0.4) is 0 Å². The third-order valence-corrected chi connectivity index (χ3v) is 1.91. The van der Waals surface area contributed by atoms with Crippen LogP contribution in [0.5, 0.6) is 0 Å². The van der Waals surface area contributed by atoms with Crippen LogP contribution in [0.4, 0.5) is 0 Å². The van der Waals surface area contributed by atoms with Gasteiger partial charge in [-0.25, -0.2) is 0 Å². The molecule has 4 N–H and O–H groups in total. The van der Waals surface area contributed by atoms with Crippen molar-refractivity contribution >= 4 is 23.9 Å². The molecule has 90 valence electrons. The Balaban J connectivity index is 4.93. The topological polar surface area (TPSA) is 149 Å². The van der Waals surface area contributed by atoms with E-state index in [2.05, 4.69) is 0 Å². The van der Waals surface area contributed by atoms with Crippen molar-refractivity contribution < 1.29 is 39.6 Å². The van der Waals surface area contributed by atoms with Crippen LogP contribution in [0.1, 0.15) is 12.8 Å². The molecule has 0 aromatic rings. The molecule has 0 bridgehead atoms. The van der Waals surface area contributed by atoms with Gasteiger partial charge in [0.2, 0.25) is 0 Å². The maximum atomic E-state index is 10.6. The van der Waals surface area contributed by atoms with Crippen molar-refractivity contribution in [1.82, 2.24) is 0 Å². The number of aliphatic carboxylic acids is 4. The minimum Gasteiger partial charge on any atom is -0.481 e.